The molecule has 2 rings (SSSR count). The molecule has 0 aromatic heterocycles. The minimum Gasteiger partial charge on any atom is -0.462 e. The van der Waals surface area contributed by atoms with Crippen molar-refractivity contribution in [2.24, 2.45) is 11.3 Å². The van der Waals surface area contributed by atoms with E-state index in [0.29, 0.717) is 18.1 Å². The summed E-state index contributed by atoms with van der Waals surface area (Å²) in [7, 11) is 0. The number of unbranched alkanes of at least 4 members (excludes halogenated alkanes) is 3. The zero-order chi connectivity index (χ0) is 16.0. The van der Waals surface area contributed by atoms with Crippen molar-refractivity contribution in [1.29, 1.82) is 0 Å². The summed E-state index contributed by atoms with van der Waals surface area (Å²) in [6.45, 7) is 6.43. The zero-order valence-corrected chi connectivity index (χ0v) is 13.8. The van der Waals surface area contributed by atoms with Crippen LogP contribution in [-0.2, 0) is 14.3 Å². The van der Waals surface area contributed by atoms with E-state index in [1.54, 1.807) is 6.92 Å². The van der Waals surface area contributed by atoms with Crippen molar-refractivity contribution >= 4 is 11.9 Å². The standard InChI is InChI=1S/C18H29NO3/c1-14(2)16(20)22-12-6-4-3-5-11-19-17(21)18-9-7-15(13-18)8-10-18/h15H,1,3-13H2,2H3,(H,19,21). The predicted molar refractivity (Wildman–Crippen MR) is 86.3 cm³/mol. The maximum atomic E-state index is 12.3. The van der Waals surface area contributed by atoms with E-state index in [0.717, 1.165) is 57.4 Å². The third-order valence-corrected chi connectivity index (χ3v) is 5.16. The zero-order valence-electron chi connectivity index (χ0n) is 13.8. The Labute approximate surface area is 133 Å². The van der Waals surface area contributed by atoms with Gasteiger partial charge in [-0.15, -0.1) is 0 Å². The first-order chi connectivity index (χ1) is 10.5. The fourth-order valence-electron chi connectivity index (χ4n) is 3.77. The lowest BCUT2D eigenvalue weighted by molar-refractivity contribution is -0.139. The largest absolute Gasteiger partial charge is 0.462 e. The molecular weight excluding hydrogens is 278 g/mol. The Morgan fingerprint density at radius 2 is 1.86 bits per heavy atom. The van der Waals surface area contributed by atoms with Crippen LogP contribution in [0.1, 0.15) is 64.7 Å². The molecule has 0 saturated heterocycles. The first kappa shape index (κ1) is 17.0. The maximum absolute atomic E-state index is 12.3. The SMILES string of the molecule is C=C(C)C(=O)OCCCCCCNC(=O)C12CCC(CC1)C2. The summed E-state index contributed by atoms with van der Waals surface area (Å²) in [5.41, 5.74) is 0.435. The van der Waals surface area contributed by atoms with Gasteiger partial charge in [-0.25, -0.2) is 4.79 Å². The number of esters is 1. The first-order valence-electron chi connectivity index (χ1n) is 8.64. The van der Waals surface area contributed by atoms with Gasteiger partial charge in [0.25, 0.3) is 0 Å². The molecule has 0 unspecified atom stereocenters. The fraction of sp³-hybridized carbons (Fsp3) is 0.778. The van der Waals surface area contributed by atoms with Crippen LogP contribution in [0, 0.1) is 11.3 Å². The van der Waals surface area contributed by atoms with Crippen LogP contribution >= 0.6 is 0 Å². The Bertz CT molecular complexity index is 422. The average Bonchev–Trinajstić information content (AvgIpc) is 3.11. The maximum Gasteiger partial charge on any atom is 0.333 e. The molecule has 124 valence electrons. The Kier molecular flexibility index (Phi) is 6.04. The Hall–Kier alpha value is -1.32. The average molecular weight is 307 g/mol. The molecule has 22 heavy (non-hydrogen) atoms. The molecule has 2 saturated carbocycles. The number of hydrogen-bond donors (Lipinski definition) is 1. The van der Waals surface area contributed by atoms with Gasteiger partial charge in [0, 0.05) is 17.5 Å². The second-order valence-corrected chi connectivity index (χ2v) is 7.01. The van der Waals surface area contributed by atoms with Gasteiger partial charge in [-0.3, -0.25) is 4.79 Å². The van der Waals surface area contributed by atoms with Crippen LogP contribution in [0.15, 0.2) is 12.2 Å². The molecule has 4 nitrogen and oxygen atoms in total. The van der Waals surface area contributed by atoms with Crippen LogP contribution < -0.4 is 5.32 Å². The Morgan fingerprint density at radius 1 is 1.18 bits per heavy atom. The molecule has 2 bridgehead atoms. The Morgan fingerprint density at radius 3 is 2.45 bits per heavy atom. The van der Waals surface area contributed by atoms with E-state index in [2.05, 4.69) is 11.9 Å². The molecule has 0 atom stereocenters. The monoisotopic (exact) mass is 307 g/mol. The lowest BCUT2D eigenvalue weighted by atomic mass is 9.83. The van der Waals surface area contributed by atoms with Gasteiger partial charge in [-0.2, -0.15) is 0 Å². The lowest BCUT2D eigenvalue weighted by Crippen LogP contribution is -2.38. The lowest BCUT2D eigenvalue weighted by Gasteiger charge is -2.25. The van der Waals surface area contributed by atoms with Crippen molar-refractivity contribution in [2.45, 2.75) is 64.7 Å². The van der Waals surface area contributed by atoms with Crippen LogP contribution in [0.25, 0.3) is 0 Å². The van der Waals surface area contributed by atoms with Crippen molar-refractivity contribution in [2.75, 3.05) is 13.2 Å². The van der Waals surface area contributed by atoms with Gasteiger partial charge >= 0.3 is 5.97 Å². The first-order valence-corrected chi connectivity index (χ1v) is 8.64. The van der Waals surface area contributed by atoms with E-state index < -0.39 is 0 Å². The van der Waals surface area contributed by atoms with Gasteiger partial charge in [0.05, 0.1) is 6.61 Å². The minimum absolute atomic E-state index is 0.0125. The molecule has 1 N–H and O–H groups in total. The molecule has 0 heterocycles. The number of hydrogen-bond acceptors (Lipinski definition) is 3. The molecule has 2 fully saturated rings. The highest BCUT2D eigenvalue weighted by Crippen LogP contribution is 2.54. The number of carbonyl (C=O) groups is 2. The van der Waals surface area contributed by atoms with Crippen LogP contribution in [0.3, 0.4) is 0 Å². The molecule has 0 aromatic carbocycles. The number of rotatable bonds is 9. The molecule has 0 aliphatic heterocycles. The van der Waals surface area contributed by atoms with Gasteiger partial charge in [0.1, 0.15) is 0 Å². The fourth-order valence-corrected chi connectivity index (χ4v) is 3.77. The highest BCUT2D eigenvalue weighted by atomic mass is 16.5. The summed E-state index contributed by atoms with van der Waals surface area (Å²) in [6.07, 6.45) is 9.75. The van der Waals surface area contributed by atoms with Crippen molar-refractivity contribution < 1.29 is 14.3 Å². The molecule has 0 aromatic rings. The smallest absolute Gasteiger partial charge is 0.333 e. The molecule has 2 aliphatic rings. The topological polar surface area (TPSA) is 55.4 Å². The second kappa shape index (κ2) is 7.80. The van der Waals surface area contributed by atoms with E-state index >= 15 is 0 Å². The van der Waals surface area contributed by atoms with E-state index in [1.165, 1.54) is 12.8 Å². The van der Waals surface area contributed by atoms with Crippen LogP contribution in [0.4, 0.5) is 0 Å². The summed E-state index contributed by atoms with van der Waals surface area (Å²) in [6, 6.07) is 0. The summed E-state index contributed by atoms with van der Waals surface area (Å²) < 4.78 is 5.04. The van der Waals surface area contributed by atoms with Crippen molar-refractivity contribution in [3.8, 4) is 0 Å². The van der Waals surface area contributed by atoms with E-state index in [4.69, 9.17) is 4.74 Å². The van der Waals surface area contributed by atoms with Gasteiger partial charge < -0.3 is 10.1 Å². The number of amides is 1. The van der Waals surface area contributed by atoms with Gasteiger partial charge in [-0.1, -0.05) is 13.0 Å². The third-order valence-electron chi connectivity index (χ3n) is 5.16. The summed E-state index contributed by atoms with van der Waals surface area (Å²) >= 11 is 0. The number of carbonyl (C=O) groups excluding carboxylic acids is 2. The van der Waals surface area contributed by atoms with Crippen molar-refractivity contribution in [1.82, 2.24) is 5.32 Å². The highest BCUT2D eigenvalue weighted by Gasteiger charge is 2.49. The van der Waals surface area contributed by atoms with E-state index in [1.807, 2.05) is 0 Å². The molecule has 0 spiro atoms. The van der Waals surface area contributed by atoms with Crippen LogP contribution in [0.5, 0.6) is 0 Å². The summed E-state index contributed by atoms with van der Waals surface area (Å²) in [5.74, 6) is 0.800. The molecular formula is C18H29NO3. The number of ether oxygens (including phenoxy) is 1. The Balaban J connectivity index is 1.47. The molecule has 4 heteroatoms. The minimum atomic E-state index is -0.307. The second-order valence-electron chi connectivity index (χ2n) is 7.01. The normalized spacial score (nSPS) is 26.0. The summed E-state index contributed by atoms with van der Waals surface area (Å²) in [4.78, 5) is 23.5. The molecule has 2 aliphatic carbocycles. The quantitative estimate of drug-likeness (QED) is 0.404. The van der Waals surface area contributed by atoms with E-state index in [9.17, 15) is 9.59 Å². The number of nitrogens with one attached hydrogen (secondary N) is 1. The van der Waals surface area contributed by atoms with Crippen molar-refractivity contribution in [3.63, 3.8) is 0 Å². The van der Waals surface area contributed by atoms with E-state index in [-0.39, 0.29) is 11.4 Å². The van der Waals surface area contributed by atoms with Crippen LogP contribution in [0.2, 0.25) is 0 Å². The van der Waals surface area contributed by atoms with Gasteiger partial charge in [-0.05, 0) is 64.2 Å². The third kappa shape index (κ3) is 4.34. The van der Waals surface area contributed by atoms with Crippen LogP contribution in [-0.4, -0.2) is 25.0 Å². The van der Waals surface area contributed by atoms with Gasteiger partial charge in [0.2, 0.25) is 5.91 Å². The van der Waals surface area contributed by atoms with Crippen molar-refractivity contribution in [3.05, 3.63) is 12.2 Å². The number of fused-ring (bicyclic) bond motifs is 2. The van der Waals surface area contributed by atoms with Gasteiger partial charge in [0.15, 0.2) is 0 Å². The summed E-state index contributed by atoms with van der Waals surface area (Å²) in [5, 5.41) is 3.13. The predicted octanol–water partition coefficient (Wildman–Crippen LogP) is 3.36. The molecule has 1 amide bonds. The highest BCUT2D eigenvalue weighted by molar-refractivity contribution is 5.86. The molecule has 0 radical (unpaired) electrons.